The summed E-state index contributed by atoms with van der Waals surface area (Å²) in [4.78, 5) is 19.3. The van der Waals surface area contributed by atoms with Crippen LogP contribution >= 0.6 is 0 Å². The Morgan fingerprint density at radius 1 is 0.971 bits per heavy atom. The largest absolute Gasteiger partial charge is 0.467 e. The predicted octanol–water partition coefficient (Wildman–Crippen LogP) is 4.65. The van der Waals surface area contributed by atoms with Crippen molar-refractivity contribution in [3.63, 3.8) is 0 Å². The summed E-state index contributed by atoms with van der Waals surface area (Å²) in [7, 11) is -2.36. The van der Waals surface area contributed by atoms with Crippen molar-refractivity contribution in [1.29, 1.82) is 0 Å². The third kappa shape index (κ3) is 5.18. The Morgan fingerprint density at radius 3 is 2.44 bits per heavy atom. The molecule has 0 saturated carbocycles. The molecule has 0 atom stereocenters. The van der Waals surface area contributed by atoms with Gasteiger partial charge in [0.15, 0.2) is 0 Å². The monoisotopic (exact) mass is 475 g/mol. The van der Waals surface area contributed by atoms with E-state index in [2.05, 4.69) is 4.98 Å². The number of nitrogens with zero attached hydrogens (tertiary/aromatic N) is 3. The van der Waals surface area contributed by atoms with E-state index in [1.165, 1.54) is 23.5 Å². The molecule has 34 heavy (non-hydrogen) atoms. The minimum Gasteiger partial charge on any atom is -0.467 e. The van der Waals surface area contributed by atoms with Gasteiger partial charge < -0.3 is 9.32 Å². The number of benzene rings is 2. The van der Waals surface area contributed by atoms with E-state index in [1.54, 1.807) is 66.0 Å². The van der Waals surface area contributed by atoms with Crippen LogP contribution < -0.4 is 4.31 Å². The number of anilines is 1. The molecule has 0 unspecified atom stereocenters. The molecular weight excluding hydrogens is 450 g/mol. The van der Waals surface area contributed by atoms with Crippen LogP contribution in [0, 0.1) is 6.92 Å². The van der Waals surface area contributed by atoms with Crippen LogP contribution in [-0.4, -0.2) is 31.3 Å². The van der Waals surface area contributed by atoms with Crippen LogP contribution in [0.15, 0.2) is 101 Å². The molecule has 174 valence electrons. The number of amides is 1. The van der Waals surface area contributed by atoms with Gasteiger partial charge in [0.1, 0.15) is 5.76 Å². The molecule has 7 nitrogen and oxygen atoms in total. The fourth-order valence-corrected chi connectivity index (χ4v) is 4.77. The first-order valence-electron chi connectivity index (χ1n) is 10.7. The molecular formula is C26H25N3O4S. The molecule has 0 saturated heterocycles. The van der Waals surface area contributed by atoms with Crippen LogP contribution in [0.25, 0.3) is 0 Å². The number of furan rings is 1. The number of pyridine rings is 1. The van der Waals surface area contributed by atoms with Crippen molar-refractivity contribution in [2.75, 3.05) is 11.4 Å². The van der Waals surface area contributed by atoms with Gasteiger partial charge in [-0.3, -0.25) is 14.1 Å². The van der Waals surface area contributed by atoms with Gasteiger partial charge in [-0.2, -0.15) is 0 Å². The summed E-state index contributed by atoms with van der Waals surface area (Å²) in [5.41, 5.74) is 2.70. The zero-order valence-corrected chi connectivity index (χ0v) is 19.8. The van der Waals surface area contributed by atoms with Crippen molar-refractivity contribution in [2.24, 2.45) is 0 Å². The van der Waals surface area contributed by atoms with E-state index in [0.717, 1.165) is 11.1 Å². The first-order chi connectivity index (χ1) is 16.3. The van der Waals surface area contributed by atoms with E-state index in [4.69, 9.17) is 4.42 Å². The minimum absolute atomic E-state index is 0.0424. The highest BCUT2D eigenvalue weighted by Crippen LogP contribution is 2.24. The van der Waals surface area contributed by atoms with Crippen molar-refractivity contribution in [1.82, 2.24) is 9.88 Å². The lowest BCUT2D eigenvalue weighted by molar-refractivity contribution is 0.0717. The highest BCUT2D eigenvalue weighted by molar-refractivity contribution is 7.92. The lowest BCUT2D eigenvalue weighted by atomic mass is 10.1. The van der Waals surface area contributed by atoms with E-state index < -0.39 is 10.0 Å². The second-order valence-electron chi connectivity index (χ2n) is 7.94. The van der Waals surface area contributed by atoms with Crippen LogP contribution in [-0.2, 0) is 23.1 Å². The Labute approximate surface area is 199 Å². The zero-order chi connectivity index (χ0) is 24.1. The average molecular weight is 476 g/mol. The van der Waals surface area contributed by atoms with Crippen molar-refractivity contribution in [3.8, 4) is 0 Å². The summed E-state index contributed by atoms with van der Waals surface area (Å²) >= 11 is 0. The Hall–Kier alpha value is -3.91. The molecule has 0 spiro atoms. The highest BCUT2D eigenvalue weighted by atomic mass is 32.2. The molecule has 4 aromatic rings. The first-order valence-corrected chi connectivity index (χ1v) is 12.1. The van der Waals surface area contributed by atoms with Gasteiger partial charge in [0.25, 0.3) is 15.9 Å². The Kier molecular flexibility index (Phi) is 6.79. The summed E-state index contributed by atoms with van der Waals surface area (Å²) in [6, 6.07) is 20.6. The summed E-state index contributed by atoms with van der Waals surface area (Å²) < 4.78 is 33.2. The first kappa shape index (κ1) is 23.3. The van der Waals surface area contributed by atoms with Gasteiger partial charge >= 0.3 is 0 Å². The number of aryl methyl sites for hydroxylation is 1. The zero-order valence-electron chi connectivity index (χ0n) is 19.0. The molecule has 0 N–H and O–H groups in total. The average Bonchev–Trinajstić information content (AvgIpc) is 3.37. The number of aromatic nitrogens is 1. The molecule has 0 bridgehead atoms. The van der Waals surface area contributed by atoms with Crippen molar-refractivity contribution in [2.45, 2.75) is 24.9 Å². The van der Waals surface area contributed by atoms with Gasteiger partial charge in [-0.15, -0.1) is 0 Å². The molecule has 0 aliphatic heterocycles. The number of carbonyl (C=O) groups is 1. The Morgan fingerprint density at radius 2 is 1.76 bits per heavy atom. The Bertz CT molecular complexity index is 1350. The molecule has 0 aliphatic carbocycles. The van der Waals surface area contributed by atoms with E-state index >= 15 is 0 Å². The van der Waals surface area contributed by atoms with Gasteiger partial charge in [0.2, 0.25) is 0 Å². The number of carbonyl (C=O) groups excluding carboxylic acids is 1. The predicted molar refractivity (Wildman–Crippen MR) is 130 cm³/mol. The topological polar surface area (TPSA) is 83.7 Å². The number of rotatable bonds is 8. The molecule has 0 radical (unpaired) electrons. The van der Waals surface area contributed by atoms with Crippen LogP contribution in [0.3, 0.4) is 0 Å². The van der Waals surface area contributed by atoms with Crippen molar-refractivity contribution in [3.05, 3.63) is 114 Å². The summed E-state index contributed by atoms with van der Waals surface area (Å²) in [5, 5.41) is 0. The third-order valence-corrected chi connectivity index (χ3v) is 7.23. The lowest BCUT2D eigenvalue weighted by Gasteiger charge is -2.23. The minimum atomic E-state index is -3.86. The third-order valence-electron chi connectivity index (χ3n) is 5.45. The molecule has 8 heteroatoms. The molecule has 0 aliphatic rings. The summed E-state index contributed by atoms with van der Waals surface area (Å²) in [6.45, 7) is 2.47. The fraction of sp³-hybridized carbons (Fsp3) is 0.154. The second kappa shape index (κ2) is 9.93. The van der Waals surface area contributed by atoms with Crippen LogP contribution in [0.4, 0.5) is 5.69 Å². The SMILES string of the molecule is Cc1ccc(N(C)S(=O)(=O)c2cccc(C(=O)N(Cc3cccnc3)Cc3ccco3)c2)cc1. The van der Waals surface area contributed by atoms with E-state index in [9.17, 15) is 13.2 Å². The maximum Gasteiger partial charge on any atom is 0.264 e. The Balaban J connectivity index is 1.63. The lowest BCUT2D eigenvalue weighted by Crippen LogP contribution is -2.31. The van der Waals surface area contributed by atoms with Gasteiger partial charge in [0, 0.05) is 31.5 Å². The molecule has 1 amide bonds. The normalized spacial score (nSPS) is 11.2. The maximum absolute atomic E-state index is 13.5. The number of hydrogen-bond donors (Lipinski definition) is 0. The van der Waals surface area contributed by atoms with Gasteiger partial charge in [0.05, 0.1) is 23.4 Å². The molecule has 2 aromatic heterocycles. The molecule has 2 aromatic carbocycles. The smallest absolute Gasteiger partial charge is 0.264 e. The molecule has 4 rings (SSSR count). The van der Waals surface area contributed by atoms with E-state index in [0.29, 0.717) is 18.0 Å². The van der Waals surface area contributed by atoms with Crippen LogP contribution in [0.2, 0.25) is 0 Å². The maximum atomic E-state index is 13.5. The fourth-order valence-electron chi connectivity index (χ4n) is 3.53. The van der Waals surface area contributed by atoms with Gasteiger partial charge in [-0.25, -0.2) is 8.42 Å². The van der Waals surface area contributed by atoms with Gasteiger partial charge in [-0.1, -0.05) is 29.8 Å². The summed E-state index contributed by atoms with van der Waals surface area (Å²) in [6.07, 6.45) is 4.91. The summed E-state index contributed by atoms with van der Waals surface area (Å²) in [5.74, 6) is 0.315. The molecule has 0 fully saturated rings. The van der Waals surface area contributed by atoms with E-state index in [1.807, 2.05) is 25.1 Å². The van der Waals surface area contributed by atoms with Crippen LogP contribution in [0.5, 0.6) is 0 Å². The van der Waals surface area contributed by atoms with E-state index in [-0.39, 0.29) is 22.9 Å². The highest BCUT2D eigenvalue weighted by Gasteiger charge is 2.24. The number of hydrogen-bond acceptors (Lipinski definition) is 5. The molecule has 2 heterocycles. The standard InChI is InChI=1S/C26H25N3O4S/c1-20-10-12-23(13-11-20)28(2)34(31,32)25-9-3-7-22(16-25)26(30)29(19-24-8-5-15-33-24)18-21-6-4-14-27-17-21/h3-17H,18-19H2,1-2H3. The quantitative estimate of drug-likeness (QED) is 0.370. The van der Waals surface area contributed by atoms with Crippen molar-refractivity contribution >= 4 is 21.6 Å². The van der Waals surface area contributed by atoms with Gasteiger partial charge in [-0.05, 0) is 61.0 Å². The van der Waals surface area contributed by atoms with Crippen LogP contribution in [0.1, 0.15) is 27.2 Å². The second-order valence-corrected chi connectivity index (χ2v) is 9.91. The number of sulfonamides is 1. The van der Waals surface area contributed by atoms with Crippen molar-refractivity contribution < 1.29 is 17.6 Å².